The Morgan fingerprint density at radius 2 is 2.29 bits per heavy atom. The zero-order valence-electron chi connectivity index (χ0n) is 9.51. The van der Waals surface area contributed by atoms with Crippen LogP contribution in [0, 0.1) is 0 Å². The van der Waals surface area contributed by atoms with Crippen LogP contribution in [0.15, 0.2) is 36.9 Å². The number of carboxylic acid groups (broad SMARTS) is 1. The highest BCUT2D eigenvalue weighted by Gasteiger charge is 2.13. The van der Waals surface area contributed by atoms with Crippen LogP contribution < -0.4 is 4.74 Å². The zero-order chi connectivity index (χ0) is 12.4. The number of nitrogens with zero attached hydrogens (tertiary/aromatic N) is 1. The topological polar surface area (TPSA) is 51.5 Å². The van der Waals surface area contributed by atoms with Crippen molar-refractivity contribution in [3.8, 4) is 5.75 Å². The predicted octanol–water partition coefficient (Wildman–Crippen LogP) is 2.53. The van der Waals surface area contributed by atoms with Crippen molar-refractivity contribution in [3.05, 3.63) is 42.6 Å². The average Bonchev–Trinajstić information content (AvgIpc) is 2.68. The summed E-state index contributed by atoms with van der Waals surface area (Å²) in [5, 5.41) is 9.98. The highest BCUT2D eigenvalue weighted by Crippen LogP contribution is 2.24. The van der Waals surface area contributed by atoms with Gasteiger partial charge in [-0.15, -0.1) is 6.58 Å². The average molecular weight is 231 g/mol. The van der Waals surface area contributed by atoms with Crippen LogP contribution in [0.5, 0.6) is 5.75 Å². The third kappa shape index (κ3) is 1.89. The van der Waals surface area contributed by atoms with E-state index in [0.29, 0.717) is 12.3 Å². The fourth-order valence-corrected chi connectivity index (χ4v) is 1.88. The summed E-state index contributed by atoms with van der Waals surface area (Å²) in [6.45, 7) is 4.11. The van der Waals surface area contributed by atoms with Crippen LogP contribution in [0.25, 0.3) is 10.9 Å². The smallest absolute Gasteiger partial charge is 0.352 e. The van der Waals surface area contributed by atoms with Crippen LogP contribution in [0.3, 0.4) is 0 Å². The molecule has 2 aromatic rings. The molecule has 0 atom stereocenters. The molecule has 0 aliphatic heterocycles. The molecule has 0 bridgehead atoms. The number of aromatic carboxylic acids is 1. The summed E-state index contributed by atoms with van der Waals surface area (Å²) in [6.07, 6.45) is 1.68. The van der Waals surface area contributed by atoms with Crippen molar-refractivity contribution >= 4 is 16.9 Å². The van der Waals surface area contributed by atoms with Crippen molar-refractivity contribution in [2.45, 2.75) is 6.54 Å². The number of allylic oxidation sites excluding steroid dienone is 1. The van der Waals surface area contributed by atoms with Gasteiger partial charge >= 0.3 is 5.97 Å². The molecule has 1 heterocycles. The Bertz CT molecular complexity index is 584. The Kier molecular flexibility index (Phi) is 2.87. The quantitative estimate of drug-likeness (QED) is 0.822. The Morgan fingerprint density at radius 1 is 1.53 bits per heavy atom. The van der Waals surface area contributed by atoms with Crippen LogP contribution in [0.1, 0.15) is 10.5 Å². The summed E-state index contributed by atoms with van der Waals surface area (Å²) in [5.74, 6) is -0.229. The van der Waals surface area contributed by atoms with Gasteiger partial charge in [0.25, 0.3) is 0 Å². The van der Waals surface area contributed by atoms with Crippen LogP contribution >= 0.6 is 0 Å². The molecule has 4 nitrogen and oxygen atoms in total. The van der Waals surface area contributed by atoms with Gasteiger partial charge in [0, 0.05) is 17.4 Å². The first-order valence-corrected chi connectivity index (χ1v) is 5.19. The van der Waals surface area contributed by atoms with E-state index in [0.717, 1.165) is 10.9 Å². The predicted molar refractivity (Wildman–Crippen MR) is 65.6 cm³/mol. The molecular formula is C13H13NO3. The van der Waals surface area contributed by atoms with E-state index in [9.17, 15) is 4.79 Å². The number of benzene rings is 1. The number of ether oxygens (including phenoxy) is 1. The molecule has 0 aliphatic rings. The van der Waals surface area contributed by atoms with Gasteiger partial charge in [-0.3, -0.25) is 0 Å². The molecule has 0 spiro atoms. The second-order valence-electron chi connectivity index (χ2n) is 3.66. The minimum Gasteiger partial charge on any atom is -0.497 e. The van der Waals surface area contributed by atoms with E-state index in [4.69, 9.17) is 9.84 Å². The maximum atomic E-state index is 11.1. The molecule has 0 saturated carbocycles. The van der Waals surface area contributed by atoms with E-state index >= 15 is 0 Å². The van der Waals surface area contributed by atoms with Gasteiger partial charge in [0.05, 0.1) is 7.11 Å². The van der Waals surface area contributed by atoms with Gasteiger partial charge in [0.2, 0.25) is 0 Å². The van der Waals surface area contributed by atoms with Crippen molar-refractivity contribution < 1.29 is 14.6 Å². The number of rotatable bonds is 4. The molecule has 0 aliphatic carbocycles. The Labute approximate surface area is 98.7 Å². The van der Waals surface area contributed by atoms with Gasteiger partial charge in [0.1, 0.15) is 11.4 Å². The lowest BCUT2D eigenvalue weighted by Gasteiger charge is -2.05. The molecule has 1 aromatic carbocycles. The second-order valence-corrected chi connectivity index (χ2v) is 3.66. The summed E-state index contributed by atoms with van der Waals surface area (Å²) >= 11 is 0. The lowest BCUT2D eigenvalue weighted by molar-refractivity contribution is 0.0686. The molecule has 0 saturated heterocycles. The number of hydrogen-bond donors (Lipinski definition) is 1. The fourth-order valence-electron chi connectivity index (χ4n) is 1.88. The molecule has 17 heavy (non-hydrogen) atoms. The molecule has 2 rings (SSSR count). The van der Waals surface area contributed by atoms with Crippen molar-refractivity contribution in [1.82, 2.24) is 4.57 Å². The van der Waals surface area contributed by atoms with Crippen molar-refractivity contribution in [2.24, 2.45) is 0 Å². The second kappa shape index (κ2) is 4.33. The molecule has 1 N–H and O–H groups in total. The van der Waals surface area contributed by atoms with Gasteiger partial charge in [-0.25, -0.2) is 4.79 Å². The SMILES string of the molecule is C=CCn1c(C(=O)O)cc2cc(OC)ccc21. The summed E-state index contributed by atoms with van der Waals surface area (Å²) in [5.41, 5.74) is 1.12. The first-order valence-electron chi connectivity index (χ1n) is 5.19. The number of carbonyl (C=O) groups is 1. The Morgan fingerprint density at radius 3 is 2.88 bits per heavy atom. The van der Waals surface area contributed by atoms with Gasteiger partial charge in [-0.1, -0.05) is 6.08 Å². The Balaban J connectivity index is 2.69. The molecular weight excluding hydrogens is 218 g/mol. The first-order chi connectivity index (χ1) is 8.17. The highest BCUT2D eigenvalue weighted by molar-refractivity contribution is 5.95. The lowest BCUT2D eigenvalue weighted by atomic mass is 10.2. The minimum absolute atomic E-state index is 0.258. The fraction of sp³-hybridized carbons (Fsp3) is 0.154. The van der Waals surface area contributed by atoms with E-state index in [1.54, 1.807) is 23.8 Å². The third-order valence-corrected chi connectivity index (χ3v) is 2.64. The van der Waals surface area contributed by atoms with Crippen molar-refractivity contribution in [3.63, 3.8) is 0 Å². The van der Waals surface area contributed by atoms with Crippen molar-refractivity contribution in [1.29, 1.82) is 0 Å². The van der Waals surface area contributed by atoms with E-state index in [2.05, 4.69) is 6.58 Å². The Hall–Kier alpha value is -2.23. The molecule has 88 valence electrons. The number of carboxylic acids is 1. The van der Waals surface area contributed by atoms with E-state index in [1.807, 2.05) is 18.2 Å². The van der Waals surface area contributed by atoms with Gasteiger partial charge < -0.3 is 14.4 Å². The zero-order valence-corrected chi connectivity index (χ0v) is 9.51. The highest BCUT2D eigenvalue weighted by atomic mass is 16.5. The number of fused-ring (bicyclic) bond motifs is 1. The molecule has 0 radical (unpaired) electrons. The van der Waals surface area contributed by atoms with Gasteiger partial charge in [0.15, 0.2) is 0 Å². The molecule has 4 heteroatoms. The van der Waals surface area contributed by atoms with E-state index in [1.165, 1.54) is 0 Å². The molecule has 0 amide bonds. The van der Waals surface area contributed by atoms with Gasteiger partial charge in [-0.2, -0.15) is 0 Å². The third-order valence-electron chi connectivity index (χ3n) is 2.64. The lowest BCUT2D eigenvalue weighted by Crippen LogP contribution is -2.06. The normalized spacial score (nSPS) is 10.4. The van der Waals surface area contributed by atoms with Crippen LogP contribution in [0.2, 0.25) is 0 Å². The van der Waals surface area contributed by atoms with Crippen LogP contribution in [-0.2, 0) is 6.54 Å². The first kappa shape index (κ1) is 11.3. The summed E-state index contributed by atoms with van der Waals surface area (Å²) in [7, 11) is 1.58. The number of hydrogen-bond acceptors (Lipinski definition) is 2. The summed E-state index contributed by atoms with van der Waals surface area (Å²) in [6, 6.07) is 7.13. The van der Waals surface area contributed by atoms with Crippen molar-refractivity contribution in [2.75, 3.05) is 7.11 Å². The van der Waals surface area contributed by atoms with E-state index < -0.39 is 5.97 Å². The summed E-state index contributed by atoms with van der Waals surface area (Å²) in [4.78, 5) is 11.1. The molecule has 0 fully saturated rings. The summed E-state index contributed by atoms with van der Waals surface area (Å²) < 4.78 is 6.83. The standard InChI is InChI=1S/C13H13NO3/c1-3-6-14-11-5-4-10(17-2)7-9(11)8-12(14)13(15)16/h3-5,7-8H,1,6H2,2H3,(H,15,16). The minimum atomic E-state index is -0.943. The molecule has 0 unspecified atom stereocenters. The molecule has 1 aromatic heterocycles. The largest absolute Gasteiger partial charge is 0.497 e. The van der Waals surface area contributed by atoms with Gasteiger partial charge in [-0.05, 0) is 24.3 Å². The van der Waals surface area contributed by atoms with Crippen LogP contribution in [0.4, 0.5) is 0 Å². The van der Waals surface area contributed by atoms with E-state index in [-0.39, 0.29) is 5.69 Å². The maximum absolute atomic E-state index is 11.1. The van der Waals surface area contributed by atoms with Crippen LogP contribution in [-0.4, -0.2) is 22.8 Å². The number of methoxy groups -OCH3 is 1. The monoisotopic (exact) mass is 231 g/mol. The maximum Gasteiger partial charge on any atom is 0.352 e. The number of aromatic nitrogens is 1.